The molecule has 3 amide bonds. The van der Waals surface area contributed by atoms with Crippen LogP contribution >= 0.6 is 0 Å². The van der Waals surface area contributed by atoms with Gasteiger partial charge in [-0.2, -0.15) is 4.98 Å². The van der Waals surface area contributed by atoms with Crippen LogP contribution in [-0.4, -0.2) is 34.7 Å². The Labute approximate surface area is 149 Å². The highest BCUT2D eigenvalue weighted by Gasteiger charge is 2.30. The van der Waals surface area contributed by atoms with E-state index in [4.69, 9.17) is 4.52 Å². The maximum absolute atomic E-state index is 13.3. The molecular weight excluding hydrogens is 341 g/mol. The lowest BCUT2D eigenvalue weighted by atomic mass is 9.94. The van der Waals surface area contributed by atoms with E-state index in [0.717, 1.165) is 6.42 Å². The minimum absolute atomic E-state index is 0.0489. The molecule has 1 fully saturated rings. The lowest BCUT2D eigenvalue weighted by Gasteiger charge is -2.29. The number of halogens is 1. The largest absolute Gasteiger partial charge is 0.354 e. The molecule has 138 valence electrons. The Morgan fingerprint density at radius 1 is 1.46 bits per heavy atom. The summed E-state index contributed by atoms with van der Waals surface area (Å²) in [4.78, 5) is 28.2. The first kappa shape index (κ1) is 17.8. The molecule has 1 aliphatic rings. The Morgan fingerprint density at radius 2 is 2.27 bits per heavy atom. The van der Waals surface area contributed by atoms with Gasteiger partial charge in [-0.1, -0.05) is 24.2 Å². The molecule has 2 heterocycles. The summed E-state index contributed by atoms with van der Waals surface area (Å²) in [5.41, 5.74) is 0.476. The smallest absolute Gasteiger partial charge is 0.316 e. The highest BCUT2D eigenvalue weighted by molar-refractivity contribution is 5.87. The molecule has 0 aliphatic carbocycles. The van der Waals surface area contributed by atoms with Crippen molar-refractivity contribution in [1.29, 1.82) is 0 Å². The van der Waals surface area contributed by atoms with Gasteiger partial charge in [0.25, 0.3) is 0 Å². The molecule has 0 spiro atoms. The Kier molecular flexibility index (Phi) is 5.15. The molecule has 0 bridgehead atoms. The monoisotopic (exact) mass is 361 g/mol. The zero-order valence-electron chi connectivity index (χ0n) is 14.5. The summed E-state index contributed by atoms with van der Waals surface area (Å²) in [5.74, 6) is -0.140. The summed E-state index contributed by atoms with van der Waals surface area (Å²) in [6, 6.07) is 4.16. The van der Waals surface area contributed by atoms with Crippen molar-refractivity contribution in [2.45, 2.75) is 32.4 Å². The van der Waals surface area contributed by atoms with Gasteiger partial charge in [-0.15, -0.1) is 0 Å². The molecule has 0 radical (unpaired) electrons. The summed E-state index contributed by atoms with van der Waals surface area (Å²) in [6.07, 6.45) is 0.799. The van der Waals surface area contributed by atoms with Gasteiger partial charge in [-0.05, 0) is 31.4 Å². The molecule has 1 aromatic carbocycles. The fraction of sp³-hybridized carbons (Fsp3) is 0.412. The number of carbonyl (C=O) groups excluding carboxylic acids is 2. The standard InChI is InChI=1S/C17H20FN5O3/c1-9-6-7-19-15(24)13(9)21-17(25)20-10(2)16-22-14(23-26-16)11-4-3-5-12(18)8-11/h3-5,8-10,13H,6-7H2,1-2H3,(H,19,24)(H2,20,21,25). The quantitative estimate of drug-likeness (QED) is 0.769. The highest BCUT2D eigenvalue weighted by atomic mass is 19.1. The van der Waals surface area contributed by atoms with E-state index in [-0.39, 0.29) is 23.5 Å². The molecule has 26 heavy (non-hydrogen) atoms. The number of aromatic nitrogens is 2. The number of rotatable bonds is 4. The van der Waals surface area contributed by atoms with Crippen LogP contribution in [0.4, 0.5) is 9.18 Å². The first-order chi connectivity index (χ1) is 12.4. The molecule has 3 N–H and O–H groups in total. The van der Waals surface area contributed by atoms with Gasteiger partial charge in [0.1, 0.15) is 17.9 Å². The van der Waals surface area contributed by atoms with Crippen LogP contribution in [0.15, 0.2) is 28.8 Å². The third-order valence-corrected chi connectivity index (χ3v) is 4.28. The Morgan fingerprint density at radius 3 is 3.00 bits per heavy atom. The fourth-order valence-corrected chi connectivity index (χ4v) is 2.76. The summed E-state index contributed by atoms with van der Waals surface area (Å²) < 4.78 is 18.4. The molecule has 3 unspecified atom stereocenters. The van der Waals surface area contributed by atoms with E-state index in [0.29, 0.717) is 12.1 Å². The van der Waals surface area contributed by atoms with E-state index in [1.165, 1.54) is 12.1 Å². The third kappa shape index (κ3) is 3.98. The molecular formula is C17H20FN5O3. The molecule has 3 atom stereocenters. The normalized spacial score (nSPS) is 21.0. The van der Waals surface area contributed by atoms with E-state index >= 15 is 0 Å². The summed E-state index contributed by atoms with van der Waals surface area (Å²) >= 11 is 0. The first-order valence-corrected chi connectivity index (χ1v) is 8.38. The Balaban J connectivity index is 1.62. The number of benzene rings is 1. The van der Waals surface area contributed by atoms with Crippen LogP contribution in [0, 0.1) is 11.7 Å². The van der Waals surface area contributed by atoms with Crippen molar-refractivity contribution in [1.82, 2.24) is 26.1 Å². The van der Waals surface area contributed by atoms with Crippen molar-refractivity contribution in [2.24, 2.45) is 5.92 Å². The van der Waals surface area contributed by atoms with Crippen LogP contribution in [0.2, 0.25) is 0 Å². The number of nitrogens with zero attached hydrogens (tertiary/aromatic N) is 2. The van der Waals surface area contributed by atoms with E-state index in [1.54, 1.807) is 19.1 Å². The predicted octanol–water partition coefficient (Wildman–Crippen LogP) is 1.76. The van der Waals surface area contributed by atoms with Crippen LogP contribution in [0.25, 0.3) is 11.4 Å². The van der Waals surface area contributed by atoms with Gasteiger partial charge >= 0.3 is 6.03 Å². The lowest BCUT2D eigenvalue weighted by Crippen LogP contribution is -2.56. The van der Waals surface area contributed by atoms with Gasteiger partial charge in [0, 0.05) is 12.1 Å². The number of piperidine rings is 1. The highest BCUT2D eigenvalue weighted by Crippen LogP contribution is 2.19. The second-order valence-corrected chi connectivity index (χ2v) is 6.34. The zero-order valence-corrected chi connectivity index (χ0v) is 14.5. The number of nitrogens with one attached hydrogen (secondary N) is 3. The van der Waals surface area contributed by atoms with Crippen LogP contribution in [0.5, 0.6) is 0 Å². The summed E-state index contributed by atoms with van der Waals surface area (Å²) in [6.45, 7) is 4.20. The second kappa shape index (κ2) is 7.51. The van der Waals surface area contributed by atoms with E-state index < -0.39 is 23.9 Å². The van der Waals surface area contributed by atoms with Crippen molar-refractivity contribution < 1.29 is 18.5 Å². The lowest BCUT2D eigenvalue weighted by molar-refractivity contribution is -0.125. The SMILES string of the molecule is CC(NC(=O)NC1C(=O)NCCC1C)c1nc(-c2cccc(F)c2)no1. The number of hydrogen-bond donors (Lipinski definition) is 3. The molecule has 2 aromatic rings. The van der Waals surface area contributed by atoms with Crippen molar-refractivity contribution in [3.05, 3.63) is 36.0 Å². The number of urea groups is 1. The van der Waals surface area contributed by atoms with Crippen LogP contribution in [0.3, 0.4) is 0 Å². The van der Waals surface area contributed by atoms with Gasteiger partial charge < -0.3 is 20.5 Å². The van der Waals surface area contributed by atoms with E-state index in [2.05, 4.69) is 26.1 Å². The van der Waals surface area contributed by atoms with Gasteiger partial charge in [0.2, 0.25) is 17.6 Å². The maximum Gasteiger partial charge on any atom is 0.316 e. The molecule has 9 heteroatoms. The maximum atomic E-state index is 13.3. The average Bonchev–Trinajstić information content (AvgIpc) is 3.08. The fourth-order valence-electron chi connectivity index (χ4n) is 2.76. The van der Waals surface area contributed by atoms with Crippen LogP contribution < -0.4 is 16.0 Å². The van der Waals surface area contributed by atoms with Gasteiger partial charge in [0.15, 0.2) is 0 Å². The van der Waals surface area contributed by atoms with E-state index in [1.807, 2.05) is 6.92 Å². The number of carbonyl (C=O) groups is 2. The van der Waals surface area contributed by atoms with E-state index in [9.17, 15) is 14.0 Å². The minimum atomic E-state index is -0.582. The van der Waals surface area contributed by atoms with Crippen molar-refractivity contribution in [2.75, 3.05) is 6.54 Å². The predicted molar refractivity (Wildman–Crippen MR) is 90.4 cm³/mol. The van der Waals surface area contributed by atoms with Gasteiger partial charge in [-0.25, -0.2) is 9.18 Å². The number of hydrogen-bond acceptors (Lipinski definition) is 5. The summed E-state index contributed by atoms with van der Waals surface area (Å²) in [7, 11) is 0. The molecule has 1 saturated heterocycles. The van der Waals surface area contributed by atoms with Crippen molar-refractivity contribution >= 4 is 11.9 Å². The van der Waals surface area contributed by atoms with Crippen LogP contribution in [0.1, 0.15) is 32.2 Å². The third-order valence-electron chi connectivity index (χ3n) is 4.28. The van der Waals surface area contributed by atoms with Gasteiger partial charge in [0.05, 0.1) is 0 Å². The molecule has 1 aromatic heterocycles. The van der Waals surface area contributed by atoms with Gasteiger partial charge in [-0.3, -0.25) is 4.79 Å². The summed E-state index contributed by atoms with van der Waals surface area (Å²) in [5, 5.41) is 11.9. The second-order valence-electron chi connectivity index (χ2n) is 6.34. The first-order valence-electron chi connectivity index (χ1n) is 8.38. The zero-order chi connectivity index (χ0) is 18.7. The number of amides is 3. The average molecular weight is 361 g/mol. The minimum Gasteiger partial charge on any atom is -0.354 e. The molecule has 1 aliphatic heterocycles. The molecule has 8 nitrogen and oxygen atoms in total. The van der Waals surface area contributed by atoms with Crippen LogP contribution in [-0.2, 0) is 4.79 Å². The van der Waals surface area contributed by atoms with Crippen molar-refractivity contribution in [3.63, 3.8) is 0 Å². The Hall–Kier alpha value is -2.97. The Bertz CT molecular complexity index is 809. The molecule has 0 saturated carbocycles. The van der Waals surface area contributed by atoms with Crippen molar-refractivity contribution in [3.8, 4) is 11.4 Å². The molecule has 3 rings (SSSR count). The topological polar surface area (TPSA) is 109 Å².